The third kappa shape index (κ3) is 5.32. The molecule has 0 spiro atoms. The van der Waals surface area contributed by atoms with Gasteiger partial charge in [0.15, 0.2) is 5.11 Å². The maximum Gasteiger partial charge on any atom is 0.168 e. The van der Waals surface area contributed by atoms with Crippen LogP contribution in [0.1, 0.15) is 37.8 Å². The Hall–Kier alpha value is -2.27. The Labute approximate surface area is 190 Å². The molecule has 1 aromatic heterocycles. The molecule has 2 saturated carbocycles. The summed E-state index contributed by atoms with van der Waals surface area (Å²) in [7, 11) is 3.97. The Morgan fingerprint density at radius 3 is 2.77 bits per heavy atom. The molecule has 164 valence electrons. The molecule has 2 aromatic rings. The van der Waals surface area contributed by atoms with E-state index in [0.717, 1.165) is 40.3 Å². The lowest BCUT2D eigenvalue weighted by Gasteiger charge is -2.28. The van der Waals surface area contributed by atoms with Crippen LogP contribution in [-0.2, 0) is 0 Å². The van der Waals surface area contributed by atoms with Crippen molar-refractivity contribution in [1.82, 2.24) is 15.2 Å². The first-order chi connectivity index (χ1) is 15.0. The van der Waals surface area contributed by atoms with Crippen LogP contribution in [0.3, 0.4) is 0 Å². The number of hydrogen-bond acceptors (Lipinski definition) is 2. The van der Waals surface area contributed by atoms with Gasteiger partial charge >= 0.3 is 0 Å². The summed E-state index contributed by atoms with van der Waals surface area (Å²) in [4.78, 5) is 6.58. The molecule has 0 radical (unpaired) electrons. The van der Waals surface area contributed by atoms with E-state index < -0.39 is 0 Å². The van der Waals surface area contributed by atoms with Crippen LogP contribution in [0.2, 0.25) is 0 Å². The largest absolute Gasteiger partial charge is 0.362 e. The Bertz CT molecular complexity index is 925. The summed E-state index contributed by atoms with van der Waals surface area (Å²) in [6.07, 6.45) is 13.1. The van der Waals surface area contributed by atoms with E-state index in [1.54, 1.807) is 12.1 Å². The van der Waals surface area contributed by atoms with Gasteiger partial charge in [0.1, 0.15) is 5.82 Å². The highest BCUT2D eigenvalue weighted by Crippen LogP contribution is 2.49. The quantitative estimate of drug-likeness (QED) is 0.600. The lowest BCUT2D eigenvalue weighted by atomic mass is 9.77. The average Bonchev–Trinajstić information content (AvgIpc) is 3.13. The molecule has 1 N–H and O–H groups in total. The first-order valence-electron chi connectivity index (χ1n) is 11.4. The fraction of sp³-hybridized carbons (Fsp3) is 0.462. The number of fused-ring (bicyclic) bond motifs is 1. The van der Waals surface area contributed by atoms with E-state index in [2.05, 4.69) is 22.5 Å². The molecule has 2 aliphatic carbocycles. The smallest absolute Gasteiger partial charge is 0.168 e. The summed E-state index contributed by atoms with van der Waals surface area (Å²) in [5.74, 6) is 2.56. The molecule has 5 heteroatoms. The van der Waals surface area contributed by atoms with Crippen molar-refractivity contribution in [3.05, 3.63) is 60.2 Å². The molecule has 2 fully saturated rings. The summed E-state index contributed by atoms with van der Waals surface area (Å²) >= 11 is 5.44. The third-order valence-corrected chi connectivity index (χ3v) is 7.48. The molecule has 0 bridgehead atoms. The van der Waals surface area contributed by atoms with E-state index in [1.807, 2.05) is 43.4 Å². The maximum absolute atomic E-state index is 13.5. The Morgan fingerprint density at radius 1 is 1.19 bits per heavy atom. The number of benzene rings is 1. The fourth-order valence-corrected chi connectivity index (χ4v) is 5.46. The first kappa shape index (κ1) is 21.9. The van der Waals surface area contributed by atoms with Gasteiger partial charge in [-0.15, -0.1) is 0 Å². The molecule has 3 nitrogen and oxygen atoms in total. The van der Waals surface area contributed by atoms with Gasteiger partial charge in [0.05, 0.1) is 5.69 Å². The van der Waals surface area contributed by atoms with Crippen molar-refractivity contribution >= 4 is 23.4 Å². The molecule has 1 aromatic carbocycles. The fourth-order valence-electron chi connectivity index (χ4n) is 5.38. The van der Waals surface area contributed by atoms with Crippen molar-refractivity contribution in [1.29, 1.82) is 0 Å². The molecular weight excluding hydrogens is 405 g/mol. The Morgan fingerprint density at radius 2 is 2.03 bits per heavy atom. The Balaban J connectivity index is 1.47. The standard InChI is InChI=1S/C26H32FN3S/c1-30(2)26(31)29-17-21-14-19-6-3-4-9-24(19)25(21)13-12-23-11-10-20(16-28-23)18-7-5-8-22(27)15-18/h5,7-8,10-13,15-16,19,21,24-25H,3-4,6,9,14,17H2,1-2H3,(H,29,31)/b13-12+/t19-,21-,24-,25-/m1/s1. The number of nitrogens with one attached hydrogen (secondary N) is 1. The van der Waals surface area contributed by atoms with Crippen molar-refractivity contribution in [3.8, 4) is 11.1 Å². The van der Waals surface area contributed by atoms with Crippen molar-refractivity contribution in [2.24, 2.45) is 23.7 Å². The van der Waals surface area contributed by atoms with Crippen molar-refractivity contribution in [2.75, 3.05) is 20.6 Å². The molecule has 0 unspecified atom stereocenters. The van der Waals surface area contributed by atoms with Gasteiger partial charge in [-0.2, -0.15) is 0 Å². The summed E-state index contributed by atoms with van der Waals surface area (Å²) in [5.41, 5.74) is 2.74. The number of pyridine rings is 1. The minimum atomic E-state index is -0.224. The van der Waals surface area contributed by atoms with Gasteiger partial charge in [-0.25, -0.2) is 4.39 Å². The zero-order valence-corrected chi connectivity index (χ0v) is 19.2. The monoisotopic (exact) mass is 437 g/mol. The van der Waals surface area contributed by atoms with Crippen LogP contribution in [0.4, 0.5) is 4.39 Å². The second-order valence-corrected chi connectivity index (χ2v) is 9.59. The zero-order valence-electron chi connectivity index (χ0n) is 18.4. The topological polar surface area (TPSA) is 28.2 Å². The van der Waals surface area contributed by atoms with Crippen molar-refractivity contribution in [2.45, 2.75) is 32.1 Å². The van der Waals surface area contributed by atoms with E-state index in [-0.39, 0.29) is 5.82 Å². The van der Waals surface area contributed by atoms with Gasteiger partial charge in [-0.05, 0) is 78.6 Å². The van der Waals surface area contributed by atoms with Gasteiger partial charge in [0.2, 0.25) is 0 Å². The number of halogens is 1. The number of hydrogen-bond donors (Lipinski definition) is 1. The highest BCUT2D eigenvalue weighted by Gasteiger charge is 2.42. The molecule has 0 saturated heterocycles. The van der Waals surface area contributed by atoms with Gasteiger partial charge in [-0.3, -0.25) is 4.98 Å². The van der Waals surface area contributed by atoms with E-state index in [4.69, 9.17) is 12.2 Å². The molecular formula is C26H32FN3S. The van der Waals surface area contributed by atoms with Crippen LogP contribution >= 0.6 is 12.2 Å². The molecule has 31 heavy (non-hydrogen) atoms. The van der Waals surface area contributed by atoms with Crippen LogP contribution in [0, 0.1) is 29.5 Å². The molecule has 1 heterocycles. The highest BCUT2D eigenvalue weighted by molar-refractivity contribution is 7.80. The van der Waals surface area contributed by atoms with E-state index in [9.17, 15) is 4.39 Å². The van der Waals surface area contributed by atoms with E-state index in [1.165, 1.54) is 38.2 Å². The van der Waals surface area contributed by atoms with Gasteiger partial charge in [-0.1, -0.05) is 43.5 Å². The summed E-state index contributed by atoms with van der Waals surface area (Å²) < 4.78 is 13.5. The lowest BCUT2D eigenvalue weighted by molar-refractivity contribution is 0.247. The minimum Gasteiger partial charge on any atom is -0.362 e. The number of aromatic nitrogens is 1. The van der Waals surface area contributed by atoms with Crippen molar-refractivity contribution in [3.63, 3.8) is 0 Å². The van der Waals surface area contributed by atoms with Gasteiger partial charge in [0.25, 0.3) is 0 Å². The van der Waals surface area contributed by atoms with Crippen LogP contribution < -0.4 is 5.32 Å². The number of nitrogens with zero attached hydrogens (tertiary/aromatic N) is 2. The predicted octanol–water partition coefficient (Wildman–Crippen LogP) is 5.78. The van der Waals surface area contributed by atoms with Crippen LogP contribution in [0.5, 0.6) is 0 Å². The molecule has 4 rings (SSSR count). The van der Waals surface area contributed by atoms with E-state index >= 15 is 0 Å². The normalized spacial score (nSPS) is 25.4. The molecule has 2 aliphatic rings. The third-order valence-electron chi connectivity index (χ3n) is 6.97. The summed E-state index contributed by atoms with van der Waals surface area (Å²) in [6, 6.07) is 10.7. The van der Waals surface area contributed by atoms with E-state index in [0.29, 0.717) is 11.8 Å². The molecule has 4 atom stereocenters. The second-order valence-electron chi connectivity index (χ2n) is 9.20. The van der Waals surface area contributed by atoms with Crippen molar-refractivity contribution < 1.29 is 4.39 Å². The Kier molecular flexibility index (Phi) is 7.01. The summed E-state index contributed by atoms with van der Waals surface area (Å²) in [6.45, 7) is 0.935. The van der Waals surface area contributed by atoms with Crippen LogP contribution in [-0.4, -0.2) is 35.6 Å². The number of thiocarbonyl (C=S) groups is 1. The van der Waals surface area contributed by atoms with Crippen LogP contribution in [0.15, 0.2) is 48.7 Å². The van der Waals surface area contributed by atoms with Crippen LogP contribution in [0.25, 0.3) is 17.2 Å². The predicted molar refractivity (Wildman–Crippen MR) is 130 cm³/mol. The average molecular weight is 438 g/mol. The SMILES string of the molecule is CN(C)C(=S)NC[C@H]1C[C@H]2CCCC[C@H]2[C@@H]1/C=C/c1ccc(-c2cccc(F)c2)cn1. The second kappa shape index (κ2) is 9.90. The first-order valence-corrected chi connectivity index (χ1v) is 11.8. The molecule has 0 amide bonds. The highest BCUT2D eigenvalue weighted by atomic mass is 32.1. The summed E-state index contributed by atoms with van der Waals surface area (Å²) in [5, 5.41) is 4.28. The van der Waals surface area contributed by atoms with Gasteiger partial charge < -0.3 is 10.2 Å². The number of allylic oxidation sites excluding steroid dienone is 1. The maximum atomic E-state index is 13.5. The lowest BCUT2D eigenvalue weighted by Crippen LogP contribution is -2.38. The molecule has 0 aliphatic heterocycles. The number of rotatable bonds is 5. The van der Waals surface area contributed by atoms with Gasteiger partial charge in [0, 0.05) is 32.4 Å². The minimum absolute atomic E-state index is 0.224. The zero-order chi connectivity index (χ0) is 21.8.